The molecule has 92 valence electrons. The standard InChI is InChI=1S/C14H13NO3/c1-11(14(16)13-8-5-9-18-13)15(17)10-12-6-3-2-4-7-12/h2-11H,1H3/b15-10-/t11-/m0/s1. The van der Waals surface area contributed by atoms with Gasteiger partial charge in [-0.05, 0) is 24.3 Å². The number of carbonyl (C=O) groups is 1. The fraction of sp³-hybridized carbons (Fsp3) is 0.143. The molecule has 0 aliphatic rings. The highest BCUT2D eigenvalue weighted by Gasteiger charge is 2.23. The summed E-state index contributed by atoms with van der Waals surface area (Å²) in [6, 6.07) is 11.5. The summed E-state index contributed by atoms with van der Waals surface area (Å²) in [4.78, 5) is 11.9. The predicted molar refractivity (Wildman–Crippen MR) is 67.7 cm³/mol. The fourth-order valence-corrected chi connectivity index (χ4v) is 1.54. The Hall–Kier alpha value is -2.36. The highest BCUT2D eigenvalue weighted by molar-refractivity contribution is 5.97. The van der Waals surface area contributed by atoms with Crippen molar-refractivity contribution in [3.05, 3.63) is 65.3 Å². The zero-order chi connectivity index (χ0) is 13.0. The second-order valence-electron chi connectivity index (χ2n) is 3.92. The summed E-state index contributed by atoms with van der Waals surface area (Å²) in [5.74, 6) is -0.132. The Morgan fingerprint density at radius 3 is 2.61 bits per heavy atom. The smallest absolute Gasteiger partial charge is 0.266 e. The molecule has 0 N–H and O–H groups in total. The summed E-state index contributed by atoms with van der Waals surface area (Å²) >= 11 is 0. The number of carbonyl (C=O) groups excluding carboxylic acids is 1. The van der Waals surface area contributed by atoms with Gasteiger partial charge >= 0.3 is 0 Å². The van der Waals surface area contributed by atoms with Gasteiger partial charge in [0.05, 0.1) is 6.26 Å². The van der Waals surface area contributed by atoms with Crippen molar-refractivity contribution >= 4 is 12.0 Å². The molecule has 0 saturated heterocycles. The lowest BCUT2D eigenvalue weighted by atomic mass is 10.1. The molecular formula is C14H13NO3. The molecule has 2 rings (SSSR count). The van der Waals surface area contributed by atoms with Crippen molar-refractivity contribution in [2.75, 3.05) is 0 Å². The summed E-state index contributed by atoms with van der Waals surface area (Å²) in [6.45, 7) is 1.55. The molecule has 1 aromatic heterocycles. The molecular weight excluding hydrogens is 230 g/mol. The molecule has 4 nitrogen and oxygen atoms in total. The van der Waals surface area contributed by atoms with Crippen LogP contribution in [-0.2, 0) is 0 Å². The number of nitrogens with zero attached hydrogens (tertiary/aromatic N) is 1. The summed E-state index contributed by atoms with van der Waals surface area (Å²) < 4.78 is 5.63. The number of rotatable bonds is 4. The van der Waals surface area contributed by atoms with Crippen LogP contribution in [-0.4, -0.2) is 22.8 Å². The van der Waals surface area contributed by atoms with Crippen LogP contribution in [0.5, 0.6) is 0 Å². The number of hydroxylamine groups is 1. The van der Waals surface area contributed by atoms with Gasteiger partial charge in [-0.2, -0.15) is 0 Å². The number of ketones is 1. The minimum Gasteiger partial charge on any atom is -0.623 e. The first kappa shape index (κ1) is 12.1. The largest absolute Gasteiger partial charge is 0.623 e. The summed E-state index contributed by atoms with van der Waals surface area (Å²) in [5, 5.41) is 11.8. The predicted octanol–water partition coefficient (Wildman–Crippen LogP) is 2.48. The fourth-order valence-electron chi connectivity index (χ4n) is 1.54. The quantitative estimate of drug-likeness (QED) is 0.272. The Morgan fingerprint density at radius 2 is 2.00 bits per heavy atom. The van der Waals surface area contributed by atoms with Crippen molar-refractivity contribution in [2.24, 2.45) is 0 Å². The second kappa shape index (κ2) is 5.31. The van der Waals surface area contributed by atoms with Gasteiger partial charge in [-0.3, -0.25) is 4.79 Å². The number of Topliss-reactive ketones (excluding diaryl/α,β-unsaturated/α-hetero) is 1. The number of furan rings is 1. The van der Waals surface area contributed by atoms with Gasteiger partial charge in [-0.25, -0.2) is 4.74 Å². The van der Waals surface area contributed by atoms with E-state index in [1.165, 1.54) is 12.5 Å². The van der Waals surface area contributed by atoms with Gasteiger partial charge in [0.25, 0.3) is 5.78 Å². The number of benzene rings is 1. The van der Waals surface area contributed by atoms with Gasteiger partial charge in [-0.15, -0.1) is 0 Å². The highest BCUT2D eigenvalue weighted by atomic mass is 16.5. The van der Waals surface area contributed by atoms with Crippen LogP contribution in [0.15, 0.2) is 53.1 Å². The third-order valence-electron chi connectivity index (χ3n) is 2.60. The highest BCUT2D eigenvalue weighted by Crippen LogP contribution is 2.06. The van der Waals surface area contributed by atoms with E-state index in [-0.39, 0.29) is 11.5 Å². The zero-order valence-corrected chi connectivity index (χ0v) is 9.95. The Balaban J connectivity index is 2.16. The van der Waals surface area contributed by atoms with Crippen LogP contribution in [0, 0.1) is 5.21 Å². The lowest BCUT2D eigenvalue weighted by Gasteiger charge is -2.10. The molecule has 1 atom stereocenters. The van der Waals surface area contributed by atoms with Gasteiger partial charge in [0.15, 0.2) is 12.0 Å². The molecule has 0 saturated carbocycles. The van der Waals surface area contributed by atoms with Crippen LogP contribution in [0.4, 0.5) is 0 Å². The molecule has 0 spiro atoms. The van der Waals surface area contributed by atoms with Gasteiger partial charge in [-0.1, -0.05) is 18.2 Å². The Bertz CT molecular complexity index is 544. The van der Waals surface area contributed by atoms with E-state index in [0.717, 1.165) is 5.56 Å². The van der Waals surface area contributed by atoms with Crippen molar-refractivity contribution in [1.29, 1.82) is 0 Å². The van der Waals surface area contributed by atoms with Gasteiger partial charge in [0, 0.05) is 12.5 Å². The van der Waals surface area contributed by atoms with Crippen LogP contribution in [0.2, 0.25) is 0 Å². The van der Waals surface area contributed by atoms with Crippen molar-refractivity contribution in [1.82, 2.24) is 0 Å². The number of hydrogen-bond acceptors (Lipinski definition) is 3. The molecule has 2 aromatic rings. The summed E-state index contributed by atoms with van der Waals surface area (Å²) in [6.07, 6.45) is 2.81. The first-order valence-electron chi connectivity index (χ1n) is 5.61. The number of hydrogen-bond donors (Lipinski definition) is 0. The maximum atomic E-state index is 11.9. The van der Waals surface area contributed by atoms with E-state index in [2.05, 4.69) is 0 Å². The first-order chi connectivity index (χ1) is 8.68. The molecule has 18 heavy (non-hydrogen) atoms. The van der Waals surface area contributed by atoms with E-state index in [4.69, 9.17) is 4.42 Å². The monoisotopic (exact) mass is 243 g/mol. The molecule has 4 heteroatoms. The van der Waals surface area contributed by atoms with Gasteiger partial charge in [0.2, 0.25) is 6.04 Å². The topological polar surface area (TPSA) is 56.3 Å². The van der Waals surface area contributed by atoms with Gasteiger partial charge in [0.1, 0.15) is 0 Å². The molecule has 0 radical (unpaired) electrons. The van der Waals surface area contributed by atoms with Crippen molar-refractivity contribution in [3.63, 3.8) is 0 Å². The lowest BCUT2D eigenvalue weighted by molar-refractivity contribution is -0.474. The van der Waals surface area contributed by atoms with Crippen LogP contribution < -0.4 is 0 Å². The minimum absolute atomic E-state index is 0.199. The van der Waals surface area contributed by atoms with E-state index >= 15 is 0 Å². The van der Waals surface area contributed by atoms with Gasteiger partial charge < -0.3 is 9.62 Å². The normalized spacial score (nSPS) is 13.3. The minimum atomic E-state index is -0.809. The summed E-state index contributed by atoms with van der Waals surface area (Å²) in [7, 11) is 0. The van der Waals surface area contributed by atoms with Crippen LogP contribution >= 0.6 is 0 Å². The van der Waals surface area contributed by atoms with Crippen LogP contribution in [0.1, 0.15) is 23.0 Å². The first-order valence-corrected chi connectivity index (χ1v) is 5.61. The molecule has 0 aliphatic heterocycles. The van der Waals surface area contributed by atoms with Crippen LogP contribution in [0.3, 0.4) is 0 Å². The maximum Gasteiger partial charge on any atom is 0.266 e. The zero-order valence-electron chi connectivity index (χ0n) is 9.95. The average molecular weight is 243 g/mol. The third-order valence-corrected chi connectivity index (χ3v) is 2.60. The summed E-state index contributed by atoms with van der Waals surface area (Å²) in [5.41, 5.74) is 0.756. The van der Waals surface area contributed by atoms with Crippen molar-refractivity contribution in [2.45, 2.75) is 13.0 Å². The molecule has 0 fully saturated rings. The van der Waals surface area contributed by atoms with Crippen molar-refractivity contribution in [3.8, 4) is 0 Å². The van der Waals surface area contributed by atoms with E-state index in [9.17, 15) is 10.0 Å². The van der Waals surface area contributed by atoms with E-state index in [0.29, 0.717) is 4.74 Å². The molecule has 0 unspecified atom stereocenters. The average Bonchev–Trinajstić information content (AvgIpc) is 2.92. The Kier molecular flexibility index (Phi) is 3.57. The van der Waals surface area contributed by atoms with Crippen molar-refractivity contribution < 1.29 is 14.0 Å². The second-order valence-corrected chi connectivity index (χ2v) is 3.92. The van der Waals surface area contributed by atoms with Crippen LogP contribution in [0.25, 0.3) is 0 Å². The van der Waals surface area contributed by atoms with E-state index in [1.54, 1.807) is 31.2 Å². The Morgan fingerprint density at radius 1 is 1.28 bits per heavy atom. The lowest BCUT2D eigenvalue weighted by Crippen LogP contribution is -2.28. The SMILES string of the molecule is C[C@@H](C(=O)c1ccco1)/[N+]([O-])=C/c1ccccc1. The maximum absolute atomic E-state index is 11.9. The molecule has 0 aliphatic carbocycles. The van der Waals surface area contributed by atoms with E-state index in [1.807, 2.05) is 18.2 Å². The molecule has 1 heterocycles. The molecule has 0 amide bonds. The molecule has 1 aromatic carbocycles. The van der Waals surface area contributed by atoms with E-state index < -0.39 is 6.04 Å². The molecule has 0 bridgehead atoms. The third kappa shape index (κ3) is 2.66. The Labute approximate surface area is 105 Å².